The van der Waals surface area contributed by atoms with Crippen molar-refractivity contribution >= 4 is 11.8 Å². The van der Waals surface area contributed by atoms with Crippen molar-refractivity contribution in [2.75, 3.05) is 5.73 Å². The van der Waals surface area contributed by atoms with Crippen LogP contribution in [-0.2, 0) is 0 Å². The molecule has 0 aliphatic carbocycles. The minimum atomic E-state index is -2.87. The van der Waals surface area contributed by atoms with Crippen LogP contribution in [0.1, 0.15) is 24.6 Å². The van der Waals surface area contributed by atoms with Gasteiger partial charge in [0.1, 0.15) is 5.69 Å². The summed E-state index contributed by atoms with van der Waals surface area (Å²) >= 11 is 0. The highest BCUT2D eigenvalue weighted by Gasteiger charge is 2.20. The van der Waals surface area contributed by atoms with Gasteiger partial charge in [-0.3, -0.25) is 4.98 Å². The first kappa shape index (κ1) is 16.4. The number of aromatic nitrogens is 3. The zero-order valence-corrected chi connectivity index (χ0v) is 12.0. The van der Waals surface area contributed by atoms with Crippen LogP contribution in [0.4, 0.5) is 19.3 Å². The van der Waals surface area contributed by atoms with Crippen LogP contribution in [0.2, 0.25) is 0 Å². The van der Waals surface area contributed by atoms with Gasteiger partial charge in [-0.1, -0.05) is 6.08 Å². The summed E-state index contributed by atoms with van der Waals surface area (Å²) in [4.78, 5) is 14.9. The van der Waals surface area contributed by atoms with Crippen LogP contribution in [-0.4, -0.2) is 26.0 Å². The summed E-state index contributed by atoms with van der Waals surface area (Å²) in [6, 6.07) is 2.51. The summed E-state index contributed by atoms with van der Waals surface area (Å²) in [5.74, 6) is 0. The van der Waals surface area contributed by atoms with Crippen LogP contribution in [0.3, 0.4) is 0 Å². The van der Waals surface area contributed by atoms with E-state index in [1.165, 1.54) is 12.3 Å². The molecule has 2 aromatic rings. The van der Waals surface area contributed by atoms with E-state index in [-0.39, 0.29) is 17.1 Å². The molecule has 1 amide bonds. The monoisotopic (exact) mass is 323 g/mol. The highest BCUT2D eigenvalue weighted by atomic mass is 19.3. The molecule has 7 nitrogen and oxygen atoms in total. The fourth-order valence-electron chi connectivity index (χ4n) is 2.18. The number of alkyl halides is 2. The standard InChI is InChI=1S/C14H15F2N5O2/c1-2-3-10(20-14(22)23)8-4-5-18-11(6-8)12-9(17)7-19-21(12)13(15)16/h2,4-7,10,13,20H,1,3,17H2,(H,22,23)/t10-/m0/s1. The highest BCUT2D eigenvalue weighted by Crippen LogP contribution is 2.29. The van der Waals surface area contributed by atoms with E-state index in [1.807, 2.05) is 0 Å². The van der Waals surface area contributed by atoms with Crippen LogP contribution in [0.25, 0.3) is 11.4 Å². The number of anilines is 1. The molecule has 2 heterocycles. The molecule has 1 atom stereocenters. The third-order valence-electron chi connectivity index (χ3n) is 3.14. The van der Waals surface area contributed by atoms with Crippen molar-refractivity contribution in [3.05, 3.63) is 42.7 Å². The van der Waals surface area contributed by atoms with E-state index >= 15 is 0 Å². The largest absolute Gasteiger partial charge is 0.465 e. The maximum atomic E-state index is 13.0. The highest BCUT2D eigenvalue weighted by molar-refractivity contribution is 5.70. The number of halogens is 2. The van der Waals surface area contributed by atoms with Crippen molar-refractivity contribution in [1.82, 2.24) is 20.1 Å². The van der Waals surface area contributed by atoms with E-state index in [9.17, 15) is 13.6 Å². The van der Waals surface area contributed by atoms with Crippen molar-refractivity contribution in [3.63, 3.8) is 0 Å². The number of hydrogen-bond acceptors (Lipinski definition) is 4. The molecule has 0 aliphatic heterocycles. The molecule has 0 unspecified atom stereocenters. The van der Waals surface area contributed by atoms with Crippen LogP contribution >= 0.6 is 0 Å². The van der Waals surface area contributed by atoms with Gasteiger partial charge in [0.2, 0.25) is 0 Å². The van der Waals surface area contributed by atoms with Crippen LogP contribution in [0.5, 0.6) is 0 Å². The molecule has 0 aliphatic rings. The molecule has 0 fully saturated rings. The van der Waals surface area contributed by atoms with Gasteiger partial charge in [0.15, 0.2) is 0 Å². The number of nitrogen functional groups attached to an aromatic ring is 1. The number of nitrogens with one attached hydrogen (secondary N) is 1. The maximum absolute atomic E-state index is 13.0. The van der Waals surface area contributed by atoms with Crippen LogP contribution in [0.15, 0.2) is 37.2 Å². The van der Waals surface area contributed by atoms with Gasteiger partial charge >= 0.3 is 12.6 Å². The zero-order chi connectivity index (χ0) is 17.0. The quantitative estimate of drug-likeness (QED) is 0.709. The lowest BCUT2D eigenvalue weighted by Crippen LogP contribution is -2.26. The minimum absolute atomic E-state index is 0.0190. The Morgan fingerprint density at radius 1 is 1.57 bits per heavy atom. The average molecular weight is 323 g/mol. The summed E-state index contributed by atoms with van der Waals surface area (Å²) in [7, 11) is 0. The van der Waals surface area contributed by atoms with E-state index in [4.69, 9.17) is 10.8 Å². The maximum Gasteiger partial charge on any atom is 0.405 e. The molecule has 0 bridgehead atoms. The lowest BCUT2D eigenvalue weighted by atomic mass is 10.0. The number of nitrogens with zero attached hydrogens (tertiary/aromatic N) is 3. The molecule has 4 N–H and O–H groups in total. The molecule has 122 valence electrons. The predicted octanol–water partition coefficient (Wildman–Crippen LogP) is 2.81. The van der Waals surface area contributed by atoms with E-state index in [1.54, 1.807) is 12.1 Å². The van der Waals surface area contributed by atoms with Gasteiger partial charge in [0.05, 0.1) is 23.6 Å². The Kier molecular flexibility index (Phi) is 4.89. The summed E-state index contributed by atoms with van der Waals surface area (Å²) in [5.41, 5.74) is 6.47. The Hall–Kier alpha value is -2.97. The number of carbonyl (C=O) groups is 1. The minimum Gasteiger partial charge on any atom is -0.465 e. The fourth-order valence-corrected chi connectivity index (χ4v) is 2.18. The lowest BCUT2D eigenvalue weighted by Gasteiger charge is -2.16. The molecular formula is C14H15F2N5O2. The Balaban J connectivity index is 2.45. The number of carboxylic acid groups (broad SMARTS) is 1. The Labute approximate surface area is 130 Å². The third kappa shape index (κ3) is 3.62. The van der Waals surface area contributed by atoms with Gasteiger partial charge in [-0.05, 0) is 24.1 Å². The van der Waals surface area contributed by atoms with Crippen LogP contribution in [0, 0.1) is 0 Å². The summed E-state index contributed by atoms with van der Waals surface area (Å²) in [6.45, 7) is 0.708. The third-order valence-corrected chi connectivity index (χ3v) is 3.14. The van der Waals surface area contributed by atoms with Gasteiger partial charge < -0.3 is 16.2 Å². The van der Waals surface area contributed by atoms with Gasteiger partial charge in [-0.15, -0.1) is 6.58 Å². The number of pyridine rings is 1. The summed E-state index contributed by atoms with van der Waals surface area (Å²) < 4.78 is 26.5. The van der Waals surface area contributed by atoms with Crippen LogP contribution < -0.4 is 11.1 Å². The molecule has 0 aromatic carbocycles. The Morgan fingerprint density at radius 3 is 2.91 bits per heavy atom. The van der Waals surface area contributed by atoms with E-state index in [0.29, 0.717) is 16.7 Å². The van der Waals surface area contributed by atoms with E-state index in [2.05, 4.69) is 22.0 Å². The van der Waals surface area contributed by atoms with Crippen molar-refractivity contribution < 1.29 is 18.7 Å². The molecule has 0 spiro atoms. The first-order valence-electron chi connectivity index (χ1n) is 6.61. The second-order valence-corrected chi connectivity index (χ2v) is 4.67. The first-order valence-corrected chi connectivity index (χ1v) is 6.61. The second-order valence-electron chi connectivity index (χ2n) is 4.67. The molecular weight excluding hydrogens is 308 g/mol. The fraction of sp³-hybridized carbons (Fsp3) is 0.214. The van der Waals surface area contributed by atoms with Crippen molar-refractivity contribution in [2.45, 2.75) is 19.0 Å². The molecule has 9 heteroatoms. The molecule has 0 radical (unpaired) electrons. The average Bonchev–Trinajstić information content (AvgIpc) is 2.88. The van der Waals surface area contributed by atoms with Gasteiger partial charge in [-0.2, -0.15) is 18.6 Å². The molecule has 0 saturated carbocycles. The van der Waals surface area contributed by atoms with Gasteiger partial charge in [-0.25, -0.2) is 4.79 Å². The number of hydrogen-bond donors (Lipinski definition) is 3. The van der Waals surface area contributed by atoms with Gasteiger partial charge in [0, 0.05) is 6.20 Å². The number of rotatable bonds is 6. The first-order chi connectivity index (χ1) is 10.9. The van der Waals surface area contributed by atoms with Crippen molar-refractivity contribution in [3.8, 4) is 11.4 Å². The van der Waals surface area contributed by atoms with E-state index in [0.717, 1.165) is 6.20 Å². The topological polar surface area (TPSA) is 106 Å². The lowest BCUT2D eigenvalue weighted by molar-refractivity contribution is 0.0585. The second kappa shape index (κ2) is 6.86. The Morgan fingerprint density at radius 2 is 2.30 bits per heavy atom. The smallest absolute Gasteiger partial charge is 0.405 e. The van der Waals surface area contributed by atoms with Crippen molar-refractivity contribution in [2.24, 2.45) is 0 Å². The number of amides is 1. The molecule has 2 aromatic heterocycles. The number of nitrogens with two attached hydrogens (primary N) is 1. The Bertz CT molecular complexity index is 717. The zero-order valence-electron chi connectivity index (χ0n) is 12.0. The molecule has 23 heavy (non-hydrogen) atoms. The van der Waals surface area contributed by atoms with Crippen molar-refractivity contribution in [1.29, 1.82) is 0 Å². The summed E-state index contributed by atoms with van der Waals surface area (Å²) in [5, 5.41) is 14.8. The molecule has 0 saturated heterocycles. The van der Waals surface area contributed by atoms with E-state index < -0.39 is 18.7 Å². The SMILES string of the molecule is C=CC[C@H](NC(=O)O)c1ccnc(-c2c(N)cnn2C(F)F)c1. The normalized spacial score (nSPS) is 12.1. The molecule has 2 rings (SSSR count). The van der Waals surface area contributed by atoms with Gasteiger partial charge in [0.25, 0.3) is 0 Å². The summed E-state index contributed by atoms with van der Waals surface area (Å²) in [6.07, 6.45) is 3.20. The predicted molar refractivity (Wildman–Crippen MR) is 79.8 cm³/mol.